The summed E-state index contributed by atoms with van der Waals surface area (Å²) in [6.07, 6.45) is 0. The molecule has 0 aliphatic rings. The van der Waals surface area contributed by atoms with Gasteiger partial charge < -0.3 is 4.57 Å². The third-order valence-electron chi connectivity index (χ3n) is 8.84. The van der Waals surface area contributed by atoms with Gasteiger partial charge in [0, 0.05) is 32.6 Å². The Hall–Kier alpha value is -5.74. The molecule has 10 rings (SSSR count). The average molecular weight is 535 g/mol. The molecule has 6 aromatic carbocycles. The zero-order valence-electron chi connectivity index (χ0n) is 22.5. The fourth-order valence-electron chi connectivity index (χ4n) is 7.07. The number of aromatic nitrogens is 4. The second-order valence-corrected chi connectivity index (χ2v) is 11.0. The van der Waals surface area contributed by atoms with Crippen molar-refractivity contribution >= 4 is 71.2 Å². The van der Waals surface area contributed by atoms with Crippen LogP contribution in [0.2, 0.25) is 0 Å². The van der Waals surface area contributed by atoms with Crippen molar-refractivity contribution in [2.45, 2.75) is 0 Å². The van der Waals surface area contributed by atoms with Crippen LogP contribution in [0.1, 0.15) is 0 Å². The van der Waals surface area contributed by atoms with Gasteiger partial charge in [-0.15, -0.1) is 0 Å². The topological polar surface area (TPSA) is 35.1 Å². The van der Waals surface area contributed by atoms with Gasteiger partial charge in [0.2, 0.25) is 0 Å². The van der Waals surface area contributed by atoms with Crippen LogP contribution in [-0.4, -0.2) is 18.9 Å². The van der Waals surface area contributed by atoms with Crippen molar-refractivity contribution in [2.24, 2.45) is 0 Å². The van der Waals surface area contributed by atoms with Crippen molar-refractivity contribution in [1.82, 2.24) is 18.9 Å². The van der Waals surface area contributed by atoms with Gasteiger partial charge in [0.15, 0.2) is 5.65 Å². The zero-order chi connectivity index (χ0) is 27.4. The molecule has 42 heavy (non-hydrogen) atoms. The van der Waals surface area contributed by atoms with Gasteiger partial charge in [-0.05, 0) is 53.6 Å². The van der Waals surface area contributed by atoms with Crippen LogP contribution in [0.15, 0.2) is 133 Å². The van der Waals surface area contributed by atoms with Crippen LogP contribution in [0.3, 0.4) is 0 Å². The first kappa shape index (κ1) is 22.0. The van der Waals surface area contributed by atoms with Crippen molar-refractivity contribution in [1.29, 1.82) is 0 Å². The molecule has 0 spiro atoms. The number of fused-ring (bicyclic) bond motifs is 11. The highest BCUT2D eigenvalue weighted by atomic mass is 15.0. The second-order valence-electron chi connectivity index (χ2n) is 11.0. The molecule has 0 aliphatic carbocycles. The lowest BCUT2D eigenvalue weighted by atomic mass is 10.0. The van der Waals surface area contributed by atoms with Gasteiger partial charge in [0.05, 0.1) is 33.1 Å². The van der Waals surface area contributed by atoms with Gasteiger partial charge in [0.25, 0.3) is 0 Å². The normalized spacial score (nSPS) is 12.3. The molecule has 4 heteroatoms. The van der Waals surface area contributed by atoms with Crippen LogP contribution < -0.4 is 0 Å². The van der Waals surface area contributed by atoms with E-state index < -0.39 is 0 Å². The molecule has 0 atom stereocenters. The van der Waals surface area contributed by atoms with Crippen LogP contribution >= 0.6 is 0 Å². The minimum Gasteiger partial charge on any atom is -0.309 e. The van der Waals surface area contributed by atoms with Crippen LogP contribution in [0.4, 0.5) is 0 Å². The Balaban J connectivity index is 1.32. The van der Waals surface area contributed by atoms with Gasteiger partial charge in [-0.25, -0.2) is 9.97 Å². The summed E-state index contributed by atoms with van der Waals surface area (Å²) in [5, 5.41) is 6.17. The Bertz CT molecular complexity index is 2660. The molecule has 4 heterocycles. The van der Waals surface area contributed by atoms with Gasteiger partial charge in [-0.1, -0.05) is 91.0 Å². The average Bonchev–Trinajstić information content (AvgIpc) is 3.69. The fraction of sp³-hybridized carbons (Fsp3) is 0. The Morgan fingerprint density at radius 2 is 1.07 bits per heavy atom. The predicted molar refractivity (Wildman–Crippen MR) is 174 cm³/mol. The predicted octanol–water partition coefficient (Wildman–Crippen LogP) is 9.54. The SMILES string of the molecule is c1ccc(-c2ccc(-n3c4ccccc4c4c5c6cccc7c8nc9ccccc9nc8n(c5ccc43)c76)cc2)cc1. The van der Waals surface area contributed by atoms with Crippen molar-refractivity contribution in [3.05, 3.63) is 133 Å². The van der Waals surface area contributed by atoms with E-state index in [2.05, 4.69) is 118 Å². The molecular weight excluding hydrogens is 512 g/mol. The lowest BCUT2D eigenvalue weighted by molar-refractivity contribution is 1.18. The summed E-state index contributed by atoms with van der Waals surface area (Å²) in [5.41, 5.74) is 12.0. The van der Waals surface area contributed by atoms with E-state index in [0.29, 0.717) is 0 Å². The molecule has 0 saturated carbocycles. The first-order valence-corrected chi connectivity index (χ1v) is 14.3. The molecule has 0 bridgehead atoms. The summed E-state index contributed by atoms with van der Waals surface area (Å²) in [4.78, 5) is 10.2. The quantitative estimate of drug-likeness (QED) is 0.221. The molecule has 10 aromatic rings. The highest BCUT2D eigenvalue weighted by molar-refractivity contribution is 6.32. The summed E-state index contributed by atoms with van der Waals surface area (Å²) < 4.78 is 4.73. The third-order valence-corrected chi connectivity index (χ3v) is 8.84. The summed E-state index contributed by atoms with van der Waals surface area (Å²) >= 11 is 0. The minimum atomic E-state index is 0.912. The molecule has 0 saturated heterocycles. The van der Waals surface area contributed by atoms with E-state index in [0.717, 1.165) is 38.8 Å². The lowest BCUT2D eigenvalue weighted by Crippen LogP contribution is -1.94. The smallest absolute Gasteiger partial charge is 0.165 e. The summed E-state index contributed by atoms with van der Waals surface area (Å²) in [6.45, 7) is 0. The molecule has 0 radical (unpaired) electrons. The number of rotatable bonds is 2. The first-order valence-electron chi connectivity index (χ1n) is 14.3. The fourth-order valence-corrected chi connectivity index (χ4v) is 7.07. The van der Waals surface area contributed by atoms with Gasteiger partial charge >= 0.3 is 0 Å². The third kappa shape index (κ3) is 2.76. The second kappa shape index (κ2) is 7.93. The van der Waals surface area contributed by atoms with E-state index in [4.69, 9.17) is 9.97 Å². The van der Waals surface area contributed by atoms with Crippen molar-refractivity contribution in [3.8, 4) is 16.8 Å². The van der Waals surface area contributed by atoms with E-state index >= 15 is 0 Å². The summed E-state index contributed by atoms with van der Waals surface area (Å²) in [6, 6.07) is 47.5. The van der Waals surface area contributed by atoms with Gasteiger partial charge in [0.1, 0.15) is 5.52 Å². The van der Waals surface area contributed by atoms with E-state index in [1.54, 1.807) is 0 Å². The highest BCUT2D eigenvalue weighted by Crippen LogP contribution is 2.44. The molecule has 4 nitrogen and oxygen atoms in total. The van der Waals surface area contributed by atoms with E-state index in [1.165, 1.54) is 49.2 Å². The maximum absolute atomic E-state index is 5.14. The molecule has 0 aliphatic heterocycles. The Morgan fingerprint density at radius 3 is 1.93 bits per heavy atom. The van der Waals surface area contributed by atoms with Crippen LogP contribution in [0.25, 0.3) is 88.0 Å². The molecule has 0 amide bonds. The van der Waals surface area contributed by atoms with Crippen LogP contribution in [0, 0.1) is 0 Å². The van der Waals surface area contributed by atoms with Crippen molar-refractivity contribution in [2.75, 3.05) is 0 Å². The zero-order valence-corrected chi connectivity index (χ0v) is 22.5. The Morgan fingerprint density at radius 1 is 0.429 bits per heavy atom. The Kier molecular flexibility index (Phi) is 4.15. The van der Waals surface area contributed by atoms with Gasteiger partial charge in [-0.2, -0.15) is 0 Å². The molecule has 0 N–H and O–H groups in total. The number of para-hydroxylation sites is 4. The molecule has 0 fully saturated rings. The molecule has 194 valence electrons. The largest absolute Gasteiger partial charge is 0.309 e. The number of benzene rings is 6. The number of hydrogen-bond donors (Lipinski definition) is 0. The molecular formula is C38H22N4. The molecule has 0 unspecified atom stereocenters. The van der Waals surface area contributed by atoms with Gasteiger partial charge in [-0.3, -0.25) is 4.40 Å². The van der Waals surface area contributed by atoms with Crippen LogP contribution in [-0.2, 0) is 0 Å². The van der Waals surface area contributed by atoms with E-state index in [1.807, 2.05) is 24.3 Å². The standard InChI is InChI=1S/C38H22N4/c1-2-9-23(10-3-1)24-17-19-25(20-18-24)41-31-16-7-4-11-26(31)34-32(41)21-22-33-35(34)27-12-8-13-28-36-38(42(33)37(27)28)40-30-15-6-5-14-29(30)39-36/h1-22H. The van der Waals surface area contributed by atoms with Crippen LogP contribution in [0.5, 0.6) is 0 Å². The van der Waals surface area contributed by atoms with E-state index in [-0.39, 0.29) is 0 Å². The lowest BCUT2D eigenvalue weighted by Gasteiger charge is -2.09. The maximum Gasteiger partial charge on any atom is 0.165 e. The van der Waals surface area contributed by atoms with Crippen molar-refractivity contribution in [3.63, 3.8) is 0 Å². The number of nitrogens with zero attached hydrogens (tertiary/aromatic N) is 4. The van der Waals surface area contributed by atoms with Crippen molar-refractivity contribution < 1.29 is 0 Å². The monoisotopic (exact) mass is 534 g/mol. The Labute approximate surface area is 240 Å². The molecule has 4 aromatic heterocycles. The highest BCUT2D eigenvalue weighted by Gasteiger charge is 2.23. The maximum atomic E-state index is 5.14. The minimum absolute atomic E-state index is 0.912. The van der Waals surface area contributed by atoms with E-state index in [9.17, 15) is 0 Å². The summed E-state index contributed by atoms with van der Waals surface area (Å²) in [7, 11) is 0. The number of hydrogen-bond acceptors (Lipinski definition) is 2. The summed E-state index contributed by atoms with van der Waals surface area (Å²) in [5.74, 6) is 0. The first-order chi connectivity index (χ1) is 20.8.